The lowest BCUT2D eigenvalue weighted by Crippen LogP contribution is -2.47. The summed E-state index contributed by atoms with van der Waals surface area (Å²) in [6.45, 7) is 3.89. The van der Waals surface area contributed by atoms with Crippen molar-refractivity contribution in [2.24, 2.45) is 0 Å². The van der Waals surface area contributed by atoms with E-state index in [9.17, 15) is 9.59 Å². The highest BCUT2D eigenvalue weighted by Gasteiger charge is 2.38. The number of nitrogens with one attached hydrogen (secondary N) is 1. The normalized spacial score (nSPS) is 26.1. The van der Waals surface area contributed by atoms with Crippen LogP contribution in [-0.2, 0) is 9.53 Å². The zero-order valence-electron chi connectivity index (χ0n) is 14.9. The summed E-state index contributed by atoms with van der Waals surface area (Å²) < 4.78 is 5.84. The van der Waals surface area contributed by atoms with Gasteiger partial charge in [0.05, 0.1) is 24.7 Å². The van der Waals surface area contributed by atoms with Gasteiger partial charge in [-0.2, -0.15) is 0 Å². The first kappa shape index (κ1) is 17.8. The molecule has 0 aromatic carbocycles. The van der Waals surface area contributed by atoms with Crippen molar-refractivity contribution >= 4 is 11.8 Å². The Balaban J connectivity index is 1.52. The molecular formula is C17H25N5O3. The van der Waals surface area contributed by atoms with Gasteiger partial charge in [0.25, 0.3) is 5.91 Å². The Morgan fingerprint density at radius 1 is 1.32 bits per heavy atom. The van der Waals surface area contributed by atoms with E-state index < -0.39 is 0 Å². The summed E-state index contributed by atoms with van der Waals surface area (Å²) in [7, 11) is 3.51. The van der Waals surface area contributed by atoms with Crippen LogP contribution in [0.25, 0.3) is 0 Å². The van der Waals surface area contributed by atoms with Crippen molar-refractivity contribution in [1.29, 1.82) is 0 Å². The minimum absolute atomic E-state index is 0.0747. The molecule has 3 heterocycles. The van der Waals surface area contributed by atoms with E-state index in [4.69, 9.17) is 4.74 Å². The van der Waals surface area contributed by atoms with Gasteiger partial charge < -0.3 is 15.0 Å². The molecule has 2 fully saturated rings. The largest absolute Gasteiger partial charge is 0.375 e. The first-order chi connectivity index (χ1) is 11.9. The number of carbonyl (C=O) groups is 2. The zero-order valence-corrected chi connectivity index (χ0v) is 14.9. The number of hydrogen-bond acceptors (Lipinski definition) is 6. The van der Waals surface area contributed by atoms with E-state index in [0.29, 0.717) is 30.5 Å². The third-order valence-electron chi connectivity index (χ3n) is 4.77. The van der Waals surface area contributed by atoms with E-state index in [1.165, 1.54) is 0 Å². The summed E-state index contributed by atoms with van der Waals surface area (Å²) in [5.41, 5.74) is 0.473. The fourth-order valence-corrected chi connectivity index (χ4v) is 3.33. The number of amides is 2. The van der Waals surface area contributed by atoms with Gasteiger partial charge in [0.1, 0.15) is 5.82 Å². The molecule has 8 heteroatoms. The van der Waals surface area contributed by atoms with Gasteiger partial charge in [-0.1, -0.05) is 0 Å². The standard InChI is InChI=1S/C17H25N5O3/c1-11-18-6-12(7-19-11)17(24)20-13-4-14-10-25-15(9-22(14)8-13)5-16(23)21(2)3/h6-7,13-15H,4-5,8-10H2,1-3H3,(H,20,24)/t13-,14+,15+/m1/s1. The molecule has 2 aliphatic heterocycles. The first-order valence-electron chi connectivity index (χ1n) is 8.57. The molecule has 0 unspecified atom stereocenters. The van der Waals surface area contributed by atoms with E-state index in [-0.39, 0.29) is 24.0 Å². The monoisotopic (exact) mass is 347 g/mol. The Morgan fingerprint density at radius 3 is 2.72 bits per heavy atom. The molecule has 2 amide bonds. The number of aromatic nitrogens is 2. The van der Waals surface area contributed by atoms with Gasteiger partial charge in [0, 0.05) is 51.7 Å². The highest BCUT2D eigenvalue weighted by Crippen LogP contribution is 2.24. The van der Waals surface area contributed by atoms with Crippen molar-refractivity contribution in [3.05, 3.63) is 23.8 Å². The average molecular weight is 347 g/mol. The highest BCUT2D eigenvalue weighted by atomic mass is 16.5. The number of fused-ring (bicyclic) bond motifs is 1. The quantitative estimate of drug-likeness (QED) is 0.814. The third kappa shape index (κ3) is 4.32. The molecule has 3 rings (SSSR count). The average Bonchev–Trinajstić information content (AvgIpc) is 2.96. The molecule has 0 spiro atoms. The molecule has 25 heavy (non-hydrogen) atoms. The van der Waals surface area contributed by atoms with Crippen molar-refractivity contribution < 1.29 is 14.3 Å². The van der Waals surface area contributed by atoms with Crippen LogP contribution in [0.3, 0.4) is 0 Å². The first-order valence-corrected chi connectivity index (χ1v) is 8.57. The topological polar surface area (TPSA) is 87.7 Å². The van der Waals surface area contributed by atoms with Gasteiger partial charge in [0.15, 0.2) is 0 Å². The second-order valence-electron chi connectivity index (χ2n) is 6.98. The number of hydrogen-bond donors (Lipinski definition) is 1. The van der Waals surface area contributed by atoms with Crippen molar-refractivity contribution in [2.75, 3.05) is 33.8 Å². The summed E-state index contributed by atoms with van der Waals surface area (Å²) in [5, 5.41) is 3.05. The minimum atomic E-state index is -0.148. The maximum Gasteiger partial charge on any atom is 0.254 e. The molecule has 0 aliphatic carbocycles. The molecule has 1 aromatic rings. The molecule has 3 atom stereocenters. The number of carbonyl (C=O) groups excluding carboxylic acids is 2. The Kier molecular flexibility index (Phi) is 5.29. The van der Waals surface area contributed by atoms with Crippen LogP contribution in [0, 0.1) is 6.92 Å². The smallest absolute Gasteiger partial charge is 0.254 e. The summed E-state index contributed by atoms with van der Waals surface area (Å²) >= 11 is 0. The Hall–Kier alpha value is -2.06. The van der Waals surface area contributed by atoms with E-state index in [1.807, 2.05) is 0 Å². The lowest BCUT2D eigenvalue weighted by atomic mass is 10.1. The SMILES string of the molecule is Cc1ncc(C(=O)N[C@@H]2C[C@H]3CO[C@@H](CC(=O)N(C)C)CN3C2)cn1. The summed E-state index contributed by atoms with van der Waals surface area (Å²) in [6, 6.07) is 0.371. The maximum absolute atomic E-state index is 12.3. The van der Waals surface area contributed by atoms with Crippen LogP contribution in [0.1, 0.15) is 29.0 Å². The second-order valence-corrected chi connectivity index (χ2v) is 6.98. The Labute approximate surface area is 147 Å². The van der Waals surface area contributed by atoms with E-state index in [1.54, 1.807) is 38.3 Å². The lowest BCUT2D eigenvalue weighted by Gasteiger charge is -2.35. The Morgan fingerprint density at radius 2 is 2.04 bits per heavy atom. The molecule has 2 saturated heterocycles. The number of morpholine rings is 1. The molecule has 0 saturated carbocycles. The molecular weight excluding hydrogens is 322 g/mol. The van der Waals surface area contributed by atoms with Crippen LogP contribution < -0.4 is 5.32 Å². The highest BCUT2D eigenvalue weighted by molar-refractivity contribution is 5.93. The van der Waals surface area contributed by atoms with Crippen molar-refractivity contribution in [3.63, 3.8) is 0 Å². The van der Waals surface area contributed by atoms with Crippen LogP contribution in [0.15, 0.2) is 12.4 Å². The molecule has 1 N–H and O–H groups in total. The summed E-state index contributed by atoms with van der Waals surface area (Å²) in [5.74, 6) is 0.571. The van der Waals surface area contributed by atoms with Gasteiger partial charge in [-0.3, -0.25) is 14.5 Å². The third-order valence-corrected chi connectivity index (χ3v) is 4.77. The summed E-state index contributed by atoms with van der Waals surface area (Å²) in [6.07, 6.45) is 4.27. The molecule has 1 aromatic heterocycles. The van der Waals surface area contributed by atoms with Crippen LogP contribution in [0.5, 0.6) is 0 Å². The van der Waals surface area contributed by atoms with Crippen molar-refractivity contribution in [3.8, 4) is 0 Å². The number of rotatable bonds is 4. The predicted molar refractivity (Wildman–Crippen MR) is 91.1 cm³/mol. The van der Waals surface area contributed by atoms with E-state index in [0.717, 1.165) is 19.5 Å². The van der Waals surface area contributed by atoms with Gasteiger partial charge in [-0.25, -0.2) is 9.97 Å². The van der Waals surface area contributed by atoms with Crippen LogP contribution in [-0.4, -0.2) is 83.6 Å². The molecule has 2 aliphatic rings. The fraction of sp³-hybridized carbons (Fsp3) is 0.647. The van der Waals surface area contributed by atoms with E-state index >= 15 is 0 Å². The van der Waals surface area contributed by atoms with Gasteiger partial charge in [-0.05, 0) is 13.3 Å². The number of ether oxygens (including phenoxy) is 1. The van der Waals surface area contributed by atoms with Crippen molar-refractivity contribution in [1.82, 2.24) is 25.1 Å². The Bertz CT molecular complexity index is 634. The van der Waals surface area contributed by atoms with Crippen molar-refractivity contribution in [2.45, 2.75) is 38.0 Å². The molecule has 0 bridgehead atoms. The van der Waals surface area contributed by atoms with Crippen LogP contribution in [0.2, 0.25) is 0 Å². The van der Waals surface area contributed by atoms with Gasteiger partial charge in [-0.15, -0.1) is 0 Å². The molecule has 0 radical (unpaired) electrons. The zero-order chi connectivity index (χ0) is 18.0. The van der Waals surface area contributed by atoms with Crippen LogP contribution >= 0.6 is 0 Å². The fourth-order valence-electron chi connectivity index (χ4n) is 3.33. The molecule has 8 nitrogen and oxygen atoms in total. The maximum atomic E-state index is 12.3. The second kappa shape index (κ2) is 7.45. The number of nitrogens with zero attached hydrogens (tertiary/aromatic N) is 4. The molecule has 136 valence electrons. The van der Waals surface area contributed by atoms with E-state index in [2.05, 4.69) is 20.2 Å². The summed E-state index contributed by atoms with van der Waals surface area (Å²) in [4.78, 5) is 36.2. The number of aryl methyl sites for hydroxylation is 1. The lowest BCUT2D eigenvalue weighted by molar-refractivity contribution is -0.134. The van der Waals surface area contributed by atoms with Gasteiger partial charge >= 0.3 is 0 Å². The predicted octanol–water partition coefficient (Wildman–Crippen LogP) is -0.165. The minimum Gasteiger partial charge on any atom is -0.375 e. The van der Waals surface area contributed by atoms with Gasteiger partial charge in [0.2, 0.25) is 5.91 Å². The van der Waals surface area contributed by atoms with Crippen LogP contribution in [0.4, 0.5) is 0 Å².